The van der Waals surface area contributed by atoms with Gasteiger partial charge in [0.15, 0.2) is 0 Å². The molecule has 0 fully saturated rings. The predicted octanol–water partition coefficient (Wildman–Crippen LogP) is 6.34. The van der Waals surface area contributed by atoms with Gasteiger partial charge in [-0.2, -0.15) is 0 Å². The van der Waals surface area contributed by atoms with Gasteiger partial charge in [0.25, 0.3) is 5.91 Å². The Kier molecular flexibility index (Phi) is 11.2. The number of methoxy groups -OCH3 is 1. The molecule has 0 aromatic heterocycles. The van der Waals surface area contributed by atoms with E-state index >= 15 is 0 Å². The van der Waals surface area contributed by atoms with E-state index in [9.17, 15) is 4.79 Å². The fourth-order valence-electron chi connectivity index (χ4n) is 5.56. The molecule has 0 saturated carbocycles. The number of benzene rings is 4. The Morgan fingerprint density at radius 1 is 0.767 bits per heavy atom. The van der Waals surface area contributed by atoms with E-state index in [1.807, 2.05) is 60.7 Å². The molecular weight excluding hydrogens is 536 g/mol. The molecule has 0 unspecified atom stereocenters. The molecule has 0 radical (unpaired) electrons. The molecule has 2 atom stereocenters. The highest BCUT2D eigenvalue weighted by Crippen LogP contribution is 2.22. The monoisotopic (exact) mass is 578 g/mol. The van der Waals surface area contributed by atoms with Crippen molar-refractivity contribution in [3.8, 4) is 11.5 Å². The lowest BCUT2D eigenvalue weighted by Crippen LogP contribution is -2.41. The molecular formula is C37H42N2O4. The van der Waals surface area contributed by atoms with Crippen molar-refractivity contribution < 1.29 is 19.0 Å². The SMILES string of the molecule is COc1ccc(CN2CCCCOC[C@H](Cc3ccccc3)NC(=O)c3ccccc3OC[C@@H]2Cc2ccccc2)cc1. The maximum atomic E-state index is 13.6. The minimum atomic E-state index is -0.148. The van der Waals surface area contributed by atoms with Crippen molar-refractivity contribution in [1.29, 1.82) is 0 Å². The molecule has 6 heteroatoms. The van der Waals surface area contributed by atoms with Gasteiger partial charge in [-0.05, 0) is 73.2 Å². The molecule has 0 bridgehead atoms. The van der Waals surface area contributed by atoms with Gasteiger partial charge in [0.1, 0.15) is 18.1 Å². The highest BCUT2D eigenvalue weighted by molar-refractivity contribution is 5.97. The van der Waals surface area contributed by atoms with Crippen LogP contribution in [-0.2, 0) is 24.1 Å². The maximum absolute atomic E-state index is 13.6. The van der Waals surface area contributed by atoms with Crippen molar-refractivity contribution >= 4 is 5.91 Å². The summed E-state index contributed by atoms with van der Waals surface area (Å²) in [6.45, 7) is 3.25. The molecule has 1 amide bonds. The van der Waals surface area contributed by atoms with E-state index in [2.05, 4.69) is 58.7 Å². The summed E-state index contributed by atoms with van der Waals surface area (Å²) < 4.78 is 18.1. The first-order valence-electron chi connectivity index (χ1n) is 15.2. The van der Waals surface area contributed by atoms with Gasteiger partial charge < -0.3 is 19.5 Å². The summed E-state index contributed by atoms with van der Waals surface area (Å²) in [5, 5.41) is 3.23. The van der Waals surface area contributed by atoms with Crippen LogP contribution in [0.3, 0.4) is 0 Å². The normalized spacial score (nSPS) is 18.8. The van der Waals surface area contributed by atoms with Gasteiger partial charge in [-0.15, -0.1) is 0 Å². The lowest BCUT2D eigenvalue weighted by atomic mass is 10.0. The van der Waals surface area contributed by atoms with E-state index in [0.29, 0.717) is 37.6 Å². The fourth-order valence-corrected chi connectivity index (χ4v) is 5.56. The van der Waals surface area contributed by atoms with Gasteiger partial charge in [0, 0.05) is 19.2 Å². The van der Waals surface area contributed by atoms with Gasteiger partial charge in [-0.1, -0.05) is 84.9 Å². The minimum absolute atomic E-state index is 0.0949. The van der Waals surface area contributed by atoms with Crippen LogP contribution in [0.25, 0.3) is 0 Å². The average molecular weight is 579 g/mol. The van der Waals surface area contributed by atoms with E-state index in [1.54, 1.807) is 7.11 Å². The summed E-state index contributed by atoms with van der Waals surface area (Å²) in [4.78, 5) is 16.1. The largest absolute Gasteiger partial charge is 0.497 e. The van der Waals surface area contributed by atoms with Gasteiger partial charge in [-0.3, -0.25) is 9.69 Å². The van der Waals surface area contributed by atoms with Crippen molar-refractivity contribution in [2.45, 2.75) is 44.3 Å². The van der Waals surface area contributed by atoms with Crippen LogP contribution in [-0.4, -0.2) is 56.4 Å². The number of rotatable bonds is 7. The molecule has 1 aliphatic rings. The van der Waals surface area contributed by atoms with Crippen LogP contribution in [0.4, 0.5) is 0 Å². The van der Waals surface area contributed by atoms with E-state index in [0.717, 1.165) is 43.7 Å². The Bertz CT molecular complexity index is 1400. The quantitative estimate of drug-likeness (QED) is 0.277. The van der Waals surface area contributed by atoms with Crippen LogP contribution in [0.15, 0.2) is 109 Å². The van der Waals surface area contributed by atoms with Crippen LogP contribution in [0.1, 0.15) is 39.9 Å². The maximum Gasteiger partial charge on any atom is 0.255 e. The molecule has 43 heavy (non-hydrogen) atoms. The van der Waals surface area contributed by atoms with Crippen molar-refractivity contribution in [3.63, 3.8) is 0 Å². The third-order valence-electron chi connectivity index (χ3n) is 7.90. The smallest absolute Gasteiger partial charge is 0.255 e. The number of hydrogen-bond donors (Lipinski definition) is 1. The second-order valence-electron chi connectivity index (χ2n) is 11.1. The first-order chi connectivity index (χ1) is 21.2. The zero-order chi connectivity index (χ0) is 29.7. The molecule has 1 heterocycles. The summed E-state index contributed by atoms with van der Waals surface area (Å²) in [5.74, 6) is 1.30. The molecule has 4 aromatic rings. The van der Waals surface area contributed by atoms with Gasteiger partial charge in [0.05, 0.1) is 25.3 Å². The Balaban J connectivity index is 1.40. The van der Waals surface area contributed by atoms with Crippen LogP contribution >= 0.6 is 0 Å². The molecule has 224 valence electrons. The Hall–Kier alpha value is -4.13. The Morgan fingerprint density at radius 3 is 2.16 bits per heavy atom. The molecule has 5 rings (SSSR count). The number of para-hydroxylation sites is 1. The number of hydrogen-bond acceptors (Lipinski definition) is 5. The van der Waals surface area contributed by atoms with Crippen LogP contribution in [0.2, 0.25) is 0 Å². The molecule has 0 saturated heterocycles. The number of fused-ring (bicyclic) bond motifs is 1. The van der Waals surface area contributed by atoms with Gasteiger partial charge in [0.2, 0.25) is 0 Å². The van der Waals surface area contributed by atoms with Gasteiger partial charge in [-0.25, -0.2) is 0 Å². The van der Waals surface area contributed by atoms with Crippen molar-refractivity contribution in [2.24, 2.45) is 0 Å². The number of carbonyl (C=O) groups is 1. The first-order valence-corrected chi connectivity index (χ1v) is 15.2. The summed E-state index contributed by atoms with van der Waals surface area (Å²) in [7, 11) is 1.69. The summed E-state index contributed by atoms with van der Waals surface area (Å²) in [5.41, 5.74) is 4.18. The zero-order valence-corrected chi connectivity index (χ0v) is 25.0. The molecule has 0 aliphatic carbocycles. The average Bonchev–Trinajstić information content (AvgIpc) is 3.05. The molecule has 4 aromatic carbocycles. The second kappa shape index (κ2) is 15.9. The van der Waals surface area contributed by atoms with Crippen molar-refractivity contribution in [1.82, 2.24) is 10.2 Å². The second-order valence-corrected chi connectivity index (χ2v) is 11.1. The summed E-state index contributed by atoms with van der Waals surface area (Å²) >= 11 is 0. The third-order valence-corrected chi connectivity index (χ3v) is 7.90. The van der Waals surface area contributed by atoms with E-state index < -0.39 is 0 Å². The molecule has 1 aliphatic heterocycles. The standard InChI is InChI=1S/C37H42N2O4/c1-41-34-20-18-31(19-21-34)26-39-22-10-11-23-42-27-32(24-29-12-4-2-5-13-29)38-37(40)35-16-8-9-17-36(35)43-28-33(39)25-30-14-6-3-7-15-30/h2-9,12-21,32-33H,10-11,22-28H2,1H3,(H,38,40)/t32-,33-/m0/s1. The topological polar surface area (TPSA) is 60.0 Å². The molecule has 1 N–H and O–H groups in total. The first kappa shape index (κ1) is 30.3. The lowest BCUT2D eigenvalue weighted by molar-refractivity contribution is 0.0819. The summed E-state index contributed by atoms with van der Waals surface area (Å²) in [6.07, 6.45) is 3.46. The van der Waals surface area contributed by atoms with E-state index in [1.165, 1.54) is 11.1 Å². The third kappa shape index (κ3) is 9.18. The fraction of sp³-hybridized carbons (Fsp3) is 0.324. The Labute approximate surface area is 255 Å². The van der Waals surface area contributed by atoms with Crippen LogP contribution < -0.4 is 14.8 Å². The van der Waals surface area contributed by atoms with Crippen molar-refractivity contribution in [2.75, 3.05) is 33.5 Å². The predicted molar refractivity (Wildman–Crippen MR) is 171 cm³/mol. The number of ether oxygens (including phenoxy) is 3. The van der Waals surface area contributed by atoms with Gasteiger partial charge >= 0.3 is 0 Å². The Morgan fingerprint density at radius 2 is 1.44 bits per heavy atom. The van der Waals surface area contributed by atoms with E-state index in [-0.39, 0.29) is 18.0 Å². The minimum Gasteiger partial charge on any atom is -0.497 e. The molecule has 6 nitrogen and oxygen atoms in total. The van der Waals surface area contributed by atoms with E-state index in [4.69, 9.17) is 14.2 Å². The molecule has 0 spiro atoms. The number of nitrogens with zero attached hydrogens (tertiary/aromatic N) is 1. The number of nitrogens with one attached hydrogen (secondary N) is 1. The number of amides is 1. The zero-order valence-electron chi connectivity index (χ0n) is 25.0. The lowest BCUT2D eigenvalue weighted by Gasteiger charge is -2.32. The highest BCUT2D eigenvalue weighted by atomic mass is 16.5. The van der Waals surface area contributed by atoms with Crippen LogP contribution in [0, 0.1) is 0 Å². The summed E-state index contributed by atoms with van der Waals surface area (Å²) in [6, 6.07) is 36.6. The van der Waals surface area contributed by atoms with Crippen LogP contribution in [0.5, 0.6) is 11.5 Å². The number of carbonyl (C=O) groups excluding carboxylic acids is 1. The highest BCUT2D eigenvalue weighted by Gasteiger charge is 2.23. The van der Waals surface area contributed by atoms with Crippen molar-refractivity contribution in [3.05, 3.63) is 131 Å².